The summed E-state index contributed by atoms with van der Waals surface area (Å²) in [6.45, 7) is 4.63. The number of anilines is 2. The summed E-state index contributed by atoms with van der Waals surface area (Å²) in [4.78, 5) is 26.0. The summed E-state index contributed by atoms with van der Waals surface area (Å²) < 4.78 is 11.0. The number of ether oxygens (including phenoxy) is 2. The second kappa shape index (κ2) is 8.39. The van der Waals surface area contributed by atoms with Gasteiger partial charge in [0.25, 0.3) is 11.6 Å². The molecule has 0 atom stereocenters. The first-order valence-corrected chi connectivity index (χ1v) is 10.2. The topological polar surface area (TPSA) is 93.9 Å². The van der Waals surface area contributed by atoms with Gasteiger partial charge in [-0.05, 0) is 24.8 Å². The van der Waals surface area contributed by atoms with Crippen molar-refractivity contribution in [1.29, 1.82) is 0 Å². The molecular weight excluding hydrogens is 410 g/mol. The first-order valence-electron chi connectivity index (χ1n) is 9.86. The van der Waals surface area contributed by atoms with Crippen LogP contribution in [0.4, 0.5) is 17.1 Å². The maximum atomic E-state index is 13.1. The van der Waals surface area contributed by atoms with Gasteiger partial charge in [-0.1, -0.05) is 18.5 Å². The Balaban J connectivity index is 1.65. The third-order valence-corrected chi connectivity index (χ3v) is 5.75. The van der Waals surface area contributed by atoms with E-state index >= 15 is 0 Å². The van der Waals surface area contributed by atoms with Gasteiger partial charge in [-0.3, -0.25) is 14.9 Å². The molecule has 0 saturated carbocycles. The van der Waals surface area contributed by atoms with Crippen LogP contribution in [0.3, 0.4) is 0 Å². The van der Waals surface area contributed by atoms with E-state index in [1.54, 1.807) is 18.2 Å². The number of nitro groups is 1. The molecule has 0 bridgehead atoms. The summed E-state index contributed by atoms with van der Waals surface area (Å²) in [5.41, 5.74) is 1.14. The minimum absolute atomic E-state index is 0.137. The largest absolute Gasteiger partial charge is 0.486 e. The van der Waals surface area contributed by atoms with Crippen LogP contribution in [-0.2, 0) is 0 Å². The van der Waals surface area contributed by atoms with Crippen molar-refractivity contribution < 1.29 is 19.2 Å². The van der Waals surface area contributed by atoms with E-state index < -0.39 is 10.8 Å². The normalized spacial score (nSPS) is 16.3. The van der Waals surface area contributed by atoms with Gasteiger partial charge in [0.05, 0.1) is 26.9 Å². The second-order valence-corrected chi connectivity index (χ2v) is 7.97. The van der Waals surface area contributed by atoms with Crippen molar-refractivity contribution in [3.63, 3.8) is 0 Å². The Morgan fingerprint density at radius 3 is 2.50 bits per heavy atom. The molecule has 0 spiro atoms. The average Bonchev–Trinajstić information content (AvgIpc) is 2.74. The molecule has 158 valence electrons. The number of amides is 1. The molecule has 8 nitrogen and oxygen atoms in total. The van der Waals surface area contributed by atoms with Crippen molar-refractivity contribution in [2.45, 2.75) is 19.8 Å². The number of nitrogens with zero attached hydrogens (tertiary/aromatic N) is 2. The smallest absolute Gasteiger partial charge is 0.270 e. The quantitative estimate of drug-likeness (QED) is 0.565. The van der Waals surface area contributed by atoms with Crippen LogP contribution < -0.4 is 19.7 Å². The van der Waals surface area contributed by atoms with E-state index in [1.807, 2.05) is 0 Å². The maximum Gasteiger partial charge on any atom is 0.270 e. The van der Waals surface area contributed by atoms with Crippen molar-refractivity contribution >= 4 is 34.6 Å². The van der Waals surface area contributed by atoms with E-state index in [0.29, 0.717) is 47.0 Å². The van der Waals surface area contributed by atoms with Crippen molar-refractivity contribution in [2.24, 2.45) is 5.92 Å². The summed E-state index contributed by atoms with van der Waals surface area (Å²) in [7, 11) is 0. The molecule has 9 heteroatoms. The zero-order chi connectivity index (χ0) is 21.3. The number of non-ortho nitro benzene ring substituents is 1. The Labute approximate surface area is 178 Å². The third kappa shape index (κ3) is 4.14. The molecule has 0 aromatic heterocycles. The molecule has 2 aromatic carbocycles. The third-order valence-electron chi connectivity index (χ3n) is 5.44. The molecule has 2 heterocycles. The Morgan fingerprint density at radius 1 is 1.17 bits per heavy atom. The summed E-state index contributed by atoms with van der Waals surface area (Å²) in [5, 5.41) is 14.4. The van der Waals surface area contributed by atoms with E-state index in [0.717, 1.165) is 25.9 Å². The number of fused-ring (bicyclic) bond motifs is 1. The fourth-order valence-electron chi connectivity index (χ4n) is 3.69. The second-order valence-electron chi connectivity index (χ2n) is 7.56. The van der Waals surface area contributed by atoms with Gasteiger partial charge in [0.2, 0.25) is 0 Å². The standard InChI is InChI=1S/C21H22ClN3O5/c1-13-4-6-24(7-5-13)18-3-2-14(25(27)28)10-15(18)21(26)23-17-12-20-19(11-16(17)22)29-8-9-30-20/h2-3,10-13H,4-9H2,1H3,(H,23,26). The molecule has 2 aliphatic rings. The highest BCUT2D eigenvalue weighted by Crippen LogP contribution is 2.38. The van der Waals surface area contributed by atoms with Gasteiger partial charge in [-0.2, -0.15) is 0 Å². The molecule has 0 unspecified atom stereocenters. The number of nitro benzene ring substituents is 1. The first kappa shape index (κ1) is 20.3. The monoisotopic (exact) mass is 431 g/mol. The summed E-state index contributed by atoms with van der Waals surface area (Å²) >= 11 is 6.31. The SMILES string of the molecule is CC1CCN(c2ccc([N+](=O)[O-])cc2C(=O)Nc2cc3c(cc2Cl)OCCO3)CC1. The zero-order valence-corrected chi connectivity index (χ0v) is 17.3. The summed E-state index contributed by atoms with van der Waals surface area (Å²) in [6.07, 6.45) is 2.01. The molecule has 1 N–H and O–H groups in total. The van der Waals surface area contributed by atoms with Crippen molar-refractivity contribution in [3.05, 3.63) is 51.0 Å². The van der Waals surface area contributed by atoms with E-state index in [4.69, 9.17) is 21.1 Å². The lowest BCUT2D eigenvalue weighted by molar-refractivity contribution is -0.384. The molecule has 1 fully saturated rings. The van der Waals surface area contributed by atoms with Gasteiger partial charge in [0, 0.05) is 37.4 Å². The number of carbonyl (C=O) groups is 1. The van der Waals surface area contributed by atoms with Crippen LogP contribution in [0.15, 0.2) is 30.3 Å². The van der Waals surface area contributed by atoms with Crippen LogP contribution >= 0.6 is 11.6 Å². The van der Waals surface area contributed by atoms with Crippen molar-refractivity contribution in [2.75, 3.05) is 36.5 Å². The van der Waals surface area contributed by atoms with Crippen LogP contribution in [0.25, 0.3) is 0 Å². The van der Waals surface area contributed by atoms with E-state index in [2.05, 4.69) is 17.1 Å². The van der Waals surface area contributed by atoms with Crippen LogP contribution in [0, 0.1) is 16.0 Å². The number of benzene rings is 2. The van der Waals surface area contributed by atoms with Gasteiger partial charge < -0.3 is 19.7 Å². The van der Waals surface area contributed by atoms with E-state index in [9.17, 15) is 14.9 Å². The van der Waals surface area contributed by atoms with Crippen molar-refractivity contribution in [3.8, 4) is 11.5 Å². The van der Waals surface area contributed by atoms with Gasteiger partial charge in [-0.15, -0.1) is 0 Å². The molecule has 1 amide bonds. The van der Waals surface area contributed by atoms with Gasteiger partial charge in [-0.25, -0.2) is 0 Å². The van der Waals surface area contributed by atoms with Gasteiger partial charge in [0.15, 0.2) is 11.5 Å². The lowest BCUT2D eigenvalue weighted by atomic mass is 9.98. The molecule has 1 saturated heterocycles. The molecule has 2 aromatic rings. The molecule has 30 heavy (non-hydrogen) atoms. The first-order chi connectivity index (χ1) is 14.4. The Morgan fingerprint density at radius 2 is 1.83 bits per heavy atom. The number of hydrogen-bond acceptors (Lipinski definition) is 6. The summed E-state index contributed by atoms with van der Waals surface area (Å²) in [5.74, 6) is 1.16. The fourth-order valence-corrected chi connectivity index (χ4v) is 3.90. The van der Waals surface area contributed by atoms with E-state index in [-0.39, 0.29) is 11.3 Å². The lowest BCUT2D eigenvalue weighted by Gasteiger charge is -2.33. The predicted molar refractivity (Wildman–Crippen MR) is 114 cm³/mol. The maximum absolute atomic E-state index is 13.1. The van der Waals surface area contributed by atoms with Crippen LogP contribution in [-0.4, -0.2) is 37.1 Å². The van der Waals surface area contributed by atoms with Crippen LogP contribution in [0.5, 0.6) is 11.5 Å². The fraction of sp³-hybridized carbons (Fsp3) is 0.381. The summed E-state index contributed by atoms with van der Waals surface area (Å²) in [6, 6.07) is 7.59. The minimum atomic E-state index is -0.504. The highest BCUT2D eigenvalue weighted by molar-refractivity contribution is 6.34. The Hall–Kier alpha value is -3.00. The number of nitrogens with one attached hydrogen (secondary N) is 1. The van der Waals surface area contributed by atoms with Crippen molar-refractivity contribution in [1.82, 2.24) is 0 Å². The van der Waals surface area contributed by atoms with Crippen LogP contribution in [0.2, 0.25) is 5.02 Å². The molecule has 2 aliphatic heterocycles. The highest BCUT2D eigenvalue weighted by Gasteiger charge is 2.24. The molecule has 0 radical (unpaired) electrons. The number of carbonyl (C=O) groups excluding carboxylic acids is 1. The predicted octanol–water partition coefficient (Wildman–Crippen LogP) is 4.51. The van der Waals surface area contributed by atoms with Crippen LogP contribution in [0.1, 0.15) is 30.1 Å². The average molecular weight is 432 g/mol. The molecule has 0 aliphatic carbocycles. The zero-order valence-electron chi connectivity index (χ0n) is 16.5. The minimum Gasteiger partial charge on any atom is -0.486 e. The molecule has 4 rings (SSSR count). The number of rotatable bonds is 4. The van der Waals surface area contributed by atoms with E-state index in [1.165, 1.54) is 12.1 Å². The number of halogens is 1. The Kier molecular flexibility index (Phi) is 5.67. The lowest BCUT2D eigenvalue weighted by Crippen LogP contribution is -2.34. The Bertz CT molecular complexity index is 989. The number of hydrogen-bond donors (Lipinski definition) is 1. The van der Waals surface area contributed by atoms with Gasteiger partial charge >= 0.3 is 0 Å². The van der Waals surface area contributed by atoms with Gasteiger partial charge in [0.1, 0.15) is 13.2 Å². The number of piperidine rings is 1. The highest BCUT2D eigenvalue weighted by atomic mass is 35.5. The molecular formula is C21H22ClN3O5.